The molecule has 3 aromatic heterocycles. The molecule has 0 radical (unpaired) electrons. The van der Waals surface area contributed by atoms with E-state index in [-0.39, 0.29) is 12.5 Å². The van der Waals surface area contributed by atoms with E-state index in [4.69, 9.17) is 11.6 Å². The molecule has 1 aliphatic rings. The number of nitrogens with one attached hydrogen (secondary N) is 1. The van der Waals surface area contributed by atoms with Gasteiger partial charge in [0.15, 0.2) is 11.5 Å². The maximum atomic E-state index is 12.7. The highest BCUT2D eigenvalue weighted by Gasteiger charge is 2.27. The van der Waals surface area contributed by atoms with Crippen LogP contribution in [-0.2, 0) is 17.9 Å². The predicted octanol–water partition coefficient (Wildman–Crippen LogP) is 4.46. The van der Waals surface area contributed by atoms with Gasteiger partial charge in [0.1, 0.15) is 6.54 Å². The van der Waals surface area contributed by atoms with Crippen LogP contribution in [0.25, 0.3) is 11.0 Å². The Bertz CT molecular complexity index is 1290. The average molecular weight is 435 g/mol. The first-order chi connectivity index (χ1) is 15.0. The van der Waals surface area contributed by atoms with Crippen LogP contribution in [0.5, 0.6) is 0 Å². The van der Waals surface area contributed by atoms with Crippen LogP contribution < -0.4 is 5.32 Å². The lowest BCUT2D eigenvalue weighted by molar-refractivity contribution is -0.116. The van der Waals surface area contributed by atoms with E-state index in [0.717, 1.165) is 28.0 Å². The minimum atomic E-state index is -0.185. The number of fused-ring (bicyclic) bond motifs is 1. The standard InChI is InChI=1S/C23H23ClN6O/c1-14-10-20(28-29(14)12-16-4-3-5-18(24)11-16)26-21(31)13-30-23-22(15(2)27-30)19(8-9-25-23)17-6-7-17/h3-5,8-11,17H,6-7,12-13H2,1-2H3,(H,26,28,31). The molecule has 1 aliphatic carbocycles. The van der Waals surface area contributed by atoms with Gasteiger partial charge >= 0.3 is 0 Å². The molecule has 0 unspecified atom stereocenters. The van der Waals surface area contributed by atoms with Crippen molar-refractivity contribution < 1.29 is 4.79 Å². The zero-order valence-electron chi connectivity index (χ0n) is 17.5. The summed E-state index contributed by atoms with van der Waals surface area (Å²) < 4.78 is 3.53. The summed E-state index contributed by atoms with van der Waals surface area (Å²) in [4.78, 5) is 17.2. The Morgan fingerprint density at radius 3 is 2.77 bits per heavy atom. The molecule has 1 saturated carbocycles. The number of halogens is 1. The van der Waals surface area contributed by atoms with Gasteiger partial charge in [0.2, 0.25) is 5.91 Å². The minimum absolute atomic E-state index is 0.0889. The first kappa shape index (κ1) is 19.8. The summed E-state index contributed by atoms with van der Waals surface area (Å²) >= 11 is 6.08. The van der Waals surface area contributed by atoms with Crippen molar-refractivity contribution in [2.75, 3.05) is 5.32 Å². The third kappa shape index (κ3) is 4.05. The number of anilines is 1. The van der Waals surface area contributed by atoms with Crippen molar-refractivity contribution >= 4 is 34.4 Å². The molecule has 31 heavy (non-hydrogen) atoms. The van der Waals surface area contributed by atoms with E-state index in [1.165, 1.54) is 18.4 Å². The molecule has 158 valence electrons. The highest BCUT2D eigenvalue weighted by molar-refractivity contribution is 6.30. The van der Waals surface area contributed by atoms with E-state index in [2.05, 4.69) is 26.6 Å². The number of carbonyl (C=O) groups is 1. The van der Waals surface area contributed by atoms with E-state index >= 15 is 0 Å². The van der Waals surface area contributed by atoms with Crippen LogP contribution in [0.1, 0.15) is 41.3 Å². The van der Waals surface area contributed by atoms with Crippen LogP contribution in [0, 0.1) is 13.8 Å². The van der Waals surface area contributed by atoms with E-state index in [1.807, 2.05) is 55.1 Å². The van der Waals surface area contributed by atoms with Gasteiger partial charge in [-0.1, -0.05) is 23.7 Å². The number of hydrogen-bond donors (Lipinski definition) is 1. The fourth-order valence-corrected chi connectivity index (χ4v) is 4.23. The average Bonchev–Trinajstić information content (AvgIpc) is 3.45. The van der Waals surface area contributed by atoms with Crippen LogP contribution in [0.2, 0.25) is 5.02 Å². The highest BCUT2D eigenvalue weighted by atomic mass is 35.5. The third-order valence-corrected chi connectivity index (χ3v) is 5.86. The van der Waals surface area contributed by atoms with Crippen molar-refractivity contribution in [3.8, 4) is 0 Å². The van der Waals surface area contributed by atoms with Crippen molar-refractivity contribution in [2.24, 2.45) is 0 Å². The number of amides is 1. The molecule has 0 spiro atoms. The SMILES string of the molecule is Cc1nn(CC(=O)Nc2cc(C)n(Cc3cccc(Cl)c3)n2)c2nccc(C3CC3)c12. The number of benzene rings is 1. The van der Waals surface area contributed by atoms with Crippen LogP contribution in [0.3, 0.4) is 0 Å². The Morgan fingerprint density at radius 2 is 2.00 bits per heavy atom. The summed E-state index contributed by atoms with van der Waals surface area (Å²) in [6, 6.07) is 11.6. The van der Waals surface area contributed by atoms with Gasteiger partial charge in [-0.05, 0) is 61.9 Å². The first-order valence-corrected chi connectivity index (χ1v) is 10.8. The van der Waals surface area contributed by atoms with Gasteiger partial charge in [0, 0.05) is 28.4 Å². The zero-order chi connectivity index (χ0) is 21.5. The number of nitrogens with zero attached hydrogens (tertiary/aromatic N) is 5. The van der Waals surface area contributed by atoms with Crippen LogP contribution in [0.15, 0.2) is 42.6 Å². The quantitative estimate of drug-likeness (QED) is 0.486. The Balaban J connectivity index is 1.32. The smallest absolute Gasteiger partial charge is 0.247 e. The third-order valence-electron chi connectivity index (χ3n) is 5.62. The number of rotatable bonds is 6. The van der Waals surface area contributed by atoms with E-state index < -0.39 is 0 Å². The largest absolute Gasteiger partial charge is 0.308 e. The summed E-state index contributed by atoms with van der Waals surface area (Å²) in [5, 5.41) is 13.8. The molecule has 4 aromatic rings. The van der Waals surface area contributed by atoms with Crippen molar-refractivity contribution in [3.05, 3.63) is 70.1 Å². The van der Waals surface area contributed by atoms with Gasteiger partial charge < -0.3 is 5.32 Å². The fraction of sp³-hybridized carbons (Fsp3) is 0.304. The van der Waals surface area contributed by atoms with Crippen LogP contribution in [0.4, 0.5) is 5.82 Å². The van der Waals surface area contributed by atoms with Gasteiger partial charge in [0.05, 0.1) is 12.2 Å². The molecule has 7 nitrogen and oxygen atoms in total. The number of hydrogen-bond acceptors (Lipinski definition) is 4. The maximum absolute atomic E-state index is 12.7. The summed E-state index contributed by atoms with van der Waals surface area (Å²) in [5.74, 6) is 0.932. The molecule has 8 heteroatoms. The minimum Gasteiger partial charge on any atom is -0.308 e. The molecule has 1 N–H and O–H groups in total. The fourth-order valence-electron chi connectivity index (χ4n) is 4.01. The Morgan fingerprint density at radius 1 is 1.16 bits per heavy atom. The molecule has 0 atom stereocenters. The molecule has 0 aliphatic heterocycles. The van der Waals surface area contributed by atoms with Crippen LogP contribution >= 0.6 is 11.6 Å². The Kier molecular flexibility index (Phi) is 4.98. The lowest BCUT2D eigenvalue weighted by atomic mass is 10.1. The Labute approximate surface area is 185 Å². The van der Waals surface area contributed by atoms with Crippen LogP contribution in [-0.4, -0.2) is 30.5 Å². The van der Waals surface area contributed by atoms with Crippen molar-refractivity contribution in [1.82, 2.24) is 24.5 Å². The molecule has 1 aromatic carbocycles. The van der Waals surface area contributed by atoms with Gasteiger partial charge in [-0.25, -0.2) is 9.67 Å². The number of aryl methyl sites for hydroxylation is 2. The molecule has 0 saturated heterocycles. The predicted molar refractivity (Wildman–Crippen MR) is 120 cm³/mol. The number of pyridine rings is 1. The summed E-state index contributed by atoms with van der Waals surface area (Å²) in [5.41, 5.74) is 4.97. The first-order valence-electron chi connectivity index (χ1n) is 10.4. The monoisotopic (exact) mass is 434 g/mol. The lowest BCUT2D eigenvalue weighted by Gasteiger charge is -2.06. The van der Waals surface area contributed by atoms with E-state index in [1.54, 1.807) is 4.68 Å². The van der Waals surface area contributed by atoms with Crippen molar-refractivity contribution in [2.45, 2.75) is 45.7 Å². The summed E-state index contributed by atoms with van der Waals surface area (Å²) in [6.45, 7) is 4.61. The molecular weight excluding hydrogens is 412 g/mol. The van der Waals surface area contributed by atoms with E-state index in [9.17, 15) is 4.79 Å². The maximum Gasteiger partial charge on any atom is 0.247 e. The molecule has 0 bridgehead atoms. The van der Waals surface area contributed by atoms with E-state index in [0.29, 0.717) is 23.3 Å². The molecule has 5 rings (SSSR count). The second-order valence-electron chi connectivity index (χ2n) is 8.12. The molecule has 3 heterocycles. The van der Waals surface area contributed by atoms with Gasteiger partial charge in [-0.2, -0.15) is 10.2 Å². The van der Waals surface area contributed by atoms with Gasteiger partial charge in [-0.3, -0.25) is 9.48 Å². The molecule has 1 amide bonds. The lowest BCUT2D eigenvalue weighted by Crippen LogP contribution is -2.20. The number of aromatic nitrogens is 5. The Hall–Kier alpha value is -3.19. The second-order valence-corrected chi connectivity index (χ2v) is 8.56. The zero-order valence-corrected chi connectivity index (χ0v) is 18.2. The van der Waals surface area contributed by atoms with Gasteiger partial charge in [0.25, 0.3) is 0 Å². The normalized spacial score (nSPS) is 13.6. The topological polar surface area (TPSA) is 77.6 Å². The molecular formula is C23H23ClN6O. The summed E-state index contributed by atoms with van der Waals surface area (Å²) in [7, 11) is 0. The second kappa shape index (κ2) is 7.81. The molecule has 1 fully saturated rings. The summed E-state index contributed by atoms with van der Waals surface area (Å²) in [6.07, 6.45) is 4.23. The van der Waals surface area contributed by atoms with Crippen molar-refractivity contribution in [1.29, 1.82) is 0 Å². The highest BCUT2D eigenvalue weighted by Crippen LogP contribution is 2.43. The number of carbonyl (C=O) groups excluding carboxylic acids is 1. The van der Waals surface area contributed by atoms with Gasteiger partial charge in [-0.15, -0.1) is 0 Å². The van der Waals surface area contributed by atoms with Crippen molar-refractivity contribution in [3.63, 3.8) is 0 Å².